The Balaban J connectivity index is 2.39. The number of aromatic nitrogens is 2. The van der Waals surface area contributed by atoms with E-state index in [4.69, 9.17) is 0 Å². The minimum absolute atomic E-state index is 0.605. The molecule has 0 radical (unpaired) electrons. The largest absolute Gasteiger partial charge is 0.266 e. The molecule has 1 aliphatic carbocycles. The summed E-state index contributed by atoms with van der Waals surface area (Å²) in [6.07, 6.45) is 4.63. The predicted octanol–water partition coefficient (Wildman–Crippen LogP) is 2.65. The van der Waals surface area contributed by atoms with Crippen LogP contribution in [0, 0.1) is 6.92 Å². The molecule has 0 N–H and O–H groups in total. The molecule has 0 unspecified atom stereocenters. The molecule has 0 atom stereocenters. The molecule has 0 spiro atoms. The van der Waals surface area contributed by atoms with Gasteiger partial charge in [0.15, 0.2) is 0 Å². The van der Waals surface area contributed by atoms with Crippen molar-refractivity contribution in [3.63, 3.8) is 0 Å². The lowest BCUT2D eigenvalue weighted by molar-refractivity contribution is 0.582. The minimum Gasteiger partial charge on any atom is -0.266 e. The second-order valence-corrected chi connectivity index (χ2v) is 4.04. The number of hydrogen-bond acceptors (Lipinski definition) is 1. The molecule has 0 saturated heterocycles. The molecular weight excluding hydrogens is 148 g/mol. The summed E-state index contributed by atoms with van der Waals surface area (Å²) in [7, 11) is 0. The molecule has 2 rings (SSSR count). The Morgan fingerprint density at radius 3 is 2.67 bits per heavy atom. The first kappa shape index (κ1) is 7.84. The topological polar surface area (TPSA) is 17.8 Å². The van der Waals surface area contributed by atoms with E-state index >= 15 is 0 Å². The zero-order valence-corrected chi connectivity index (χ0v) is 8.04. The summed E-state index contributed by atoms with van der Waals surface area (Å²) >= 11 is 0. The summed E-state index contributed by atoms with van der Waals surface area (Å²) in [4.78, 5) is 0. The van der Waals surface area contributed by atoms with Crippen molar-refractivity contribution in [2.24, 2.45) is 0 Å². The monoisotopic (exact) mass is 164 g/mol. The van der Waals surface area contributed by atoms with Crippen LogP contribution in [0.15, 0.2) is 6.20 Å². The quantitative estimate of drug-likeness (QED) is 0.657. The molecular formula is C10H16N2. The molecule has 1 aliphatic rings. The number of aryl methyl sites for hydroxylation is 1. The van der Waals surface area contributed by atoms with Gasteiger partial charge in [0.25, 0.3) is 0 Å². The van der Waals surface area contributed by atoms with Crippen molar-refractivity contribution in [3.8, 4) is 0 Å². The molecule has 1 aromatic rings. The van der Waals surface area contributed by atoms with E-state index in [1.54, 1.807) is 0 Å². The molecule has 1 fully saturated rings. The van der Waals surface area contributed by atoms with Gasteiger partial charge in [-0.1, -0.05) is 13.8 Å². The van der Waals surface area contributed by atoms with Crippen molar-refractivity contribution < 1.29 is 0 Å². The fraction of sp³-hybridized carbons (Fsp3) is 0.700. The van der Waals surface area contributed by atoms with Crippen LogP contribution in [0.25, 0.3) is 0 Å². The Bertz CT molecular complexity index is 282. The van der Waals surface area contributed by atoms with Crippen molar-refractivity contribution in [1.29, 1.82) is 0 Å². The van der Waals surface area contributed by atoms with Crippen LogP contribution >= 0.6 is 0 Å². The summed E-state index contributed by atoms with van der Waals surface area (Å²) in [5, 5.41) is 4.42. The fourth-order valence-corrected chi connectivity index (χ4v) is 1.79. The van der Waals surface area contributed by atoms with Crippen LogP contribution in [0.3, 0.4) is 0 Å². The highest BCUT2D eigenvalue weighted by Crippen LogP contribution is 2.37. The molecule has 0 aromatic carbocycles. The first-order valence-corrected chi connectivity index (χ1v) is 4.74. The van der Waals surface area contributed by atoms with E-state index in [0.717, 1.165) is 6.04 Å². The lowest BCUT2D eigenvalue weighted by atomic mass is 10.1. The number of rotatable bonds is 2. The Labute approximate surface area is 73.6 Å². The van der Waals surface area contributed by atoms with Crippen molar-refractivity contribution in [2.45, 2.75) is 45.6 Å². The molecule has 0 amide bonds. The molecule has 0 bridgehead atoms. The average Bonchev–Trinajstić information content (AvgIpc) is 2.75. The second kappa shape index (κ2) is 2.61. The predicted molar refractivity (Wildman–Crippen MR) is 49.3 cm³/mol. The Morgan fingerprint density at radius 2 is 2.17 bits per heavy atom. The third kappa shape index (κ3) is 1.15. The third-order valence-corrected chi connectivity index (χ3v) is 2.47. The van der Waals surface area contributed by atoms with Gasteiger partial charge in [-0.2, -0.15) is 5.10 Å². The van der Waals surface area contributed by atoms with Gasteiger partial charge in [-0.15, -0.1) is 0 Å². The van der Waals surface area contributed by atoms with E-state index in [-0.39, 0.29) is 0 Å². The lowest BCUT2D eigenvalue weighted by Crippen LogP contribution is -2.04. The van der Waals surface area contributed by atoms with Crippen molar-refractivity contribution in [2.75, 3.05) is 0 Å². The van der Waals surface area contributed by atoms with Crippen LogP contribution in [0.2, 0.25) is 0 Å². The average molecular weight is 164 g/mol. The smallest absolute Gasteiger partial charge is 0.0524 e. The van der Waals surface area contributed by atoms with Gasteiger partial charge < -0.3 is 0 Å². The van der Waals surface area contributed by atoms with Gasteiger partial charge in [-0.3, -0.25) is 4.68 Å². The van der Waals surface area contributed by atoms with Crippen molar-refractivity contribution in [3.05, 3.63) is 17.5 Å². The summed E-state index contributed by atoms with van der Waals surface area (Å²) in [5.74, 6) is 0.605. The van der Waals surface area contributed by atoms with E-state index in [1.165, 1.54) is 24.1 Å². The standard InChI is InChI=1S/C10H16N2/c1-7(2)10-8(3)6-11-12(10)9-4-5-9/h6-7,9H,4-5H2,1-3H3. The van der Waals surface area contributed by atoms with E-state index in [0.29, 0.717) is 5.92 Å². The van der Waals surface area contributed by atoms with Gasteiger partial charge in [0.05, 0.1) is 12.2 Å². The highest BCUT2D eigenvalue weighted by Gasteiger charge is 2.27. The maximum atomic E-state index is 4.42. The fourth-order valence-electron chi connectivity index (χ4n) is 1.79. The van der Waals surface area contributed by atoms with E-state index in [9.17, 15) is 0 Å². The van der Waals surface area contributed by atoms with Crippen molar-refractivity contribution in [1.82, 2.24) is 9.78 Å². The normalized spacial score (nSPS) is 17.3. The maximum Gasteiger partial charge on any atom is 0.0524 e. The van der Waals surface area contributed by atoms with Gasteiger partial charge in [0.2, 0.25) is 0 Å². The molecule has 0 aliphatic heterocycles. The van der Waals surface area contributed by atoms with Gasteiger partial charge in [-0.25, -0.2) is 0 Å². The first-order chi connectivity index (χ1) is 5.70. The number of hydrogen-bond donors (Lipinski definition) is 0. The van der Waals surface area contributed by atoms with Crippen LogP contribution in [0.5, 0.6) is 0 Å². The van der Waals surface area contributed by atoms with Gasteiger partial charge >= 0.3 is 0 Å². The van der Waals surface area contributed by atoms with E-state index in [1.807, 2.05) is 6.20 Å². The Morgan fingerprint density at radius 1 is 1.50 bits per heavy atom. The first-order valence-electron chi connectivity index (χ1n) is 4.74. The van der Waals surface area contributed by atoms with Crippen LogP contribution < -0.4 is 0 Å². The Hall–Kier alpha value is -0.790. The van der Waals surface area contributed by atoms with Gasteiger partial charge in [0.1, 0.15) is 0 Å². The molecule has 2 heteroatoms. The molecule has 1 heterocycles. The molecule has 66 valence electrons. The van der Waals surface area contributed by atoms with E-state index < -0.39 is 0 Å². The van der Waals surface area contributed by atoms with Crippen molar-refractivity contribution >= 4 is 0 Å². The van der Waals surface area contributed by atoms with Crippen LogP contribution in [0.4, 0.5) is 0 Å². The van der Waals surface area contributed by atoms with Gasteiger partial charge in [0, 0.05) is 5.69 Å². The molecule has 12 heavy (non-hydrogen) atoms. The number of nitrogens with zero attached hydrogens (tertiary/aromatic N) is 2. The summed E-state index contributed by atoms with van der Waals surface area (Å²) in [6.45, 7) is 6.63. The molecule has 1 aromatic heterocycles. The highest BCUT2D eigenvalue weighted by atomic mass is 15.3. The second-order valence-electron chi connectivity index (χ2n) is 4.04. The maximum absolute atomic E-state index is 4.42. The summed E-state index contributed by atoms with van der Waals surface area (Å²) in [5.41, 5.74) is 2.77. The zero-order valence-electron chi connectivity index (χ0n) is 8.04. The molecule has 2 nitrogen and oxygen atoms in total. The van der Waals surface area contributed by atoms with Crippen LogP contribution in [-0.2, 0) is 0 Å². The highest BCUT2D eigenvalue weighted by molar-refractivity contribution is 5.20. The minimum atomic E-state index is 0.605. The third-order valence-electron chi connectivity index (χ3n) is 2.47. The lowest BCUT2D eigenvalue weighted by Gasteiger charge is -2.09. The van der Waals surface area contributed by atoms with Crippen LogP contribution in [-0.4, -0.2) is 9.78 Å². The molecule has 1 saturated carbocycles. The summed E-state index contributed by atoms with van der Waals surface area (Å²) < 4.78 is 2.22. The van der Waals surface area contributed by atoms with Gasteiger partial charge in [-0.05, 0) is 31.2 Å². The Kier molecular flexibility index (Phi) is 1.71. The summed E-state index contributed by atoms with van der Waals surface area (Å²) in [6, 6.07) is 0.719. The zero-order chi connectivity index (χ0) is 8.72. The SMILES string of the molecule is Cc1cnn(C2CC2)c1C(C)C. The van der Waals surface area contributed by atoms with E-state index in [2.05, 4.69) is 30.6 Å². The van der Waals surface area contributed by atoms with Crippen LogP contribution in [0.1, 0.15) is 49.9 Å².